The fraction of sp³-hybridized carbons (Fsp3) is 1.00. The van der Waals surface area contributed by atoms with Crippen molar-refractivity contribution in [2.45, 2.75) is 50.6 Å². The fourth-order valence-corrected chi connectivity index (χ4v) is 2.52. The Bertz CT molecular complexity index is 305. The lowest BCUT2D eigenvalue weighted by Crippen LogP contribution is -2.48. The molecule has 0 saturated heterocycles. The molecule has 148 valence electrons. The smallest absolute Gasteiger partial charge is 0.334 e. The molecule has 0 aliphatic heterocycles. The van der Waals surface area contributed by atoms with Gasteiger partial charge in [0.15, 0.2) is 8.38 Å². The van der Waals surface area contributed by atoms with E-state index >= 15 is 0 Å². The Morgan fingerprint density at radius 1 is 0.833 bits per heavy atom. The number of halogens is 8. The normalized spacial score (nSPS) is 13.5. The molecule has 0 aliphatic rings. The quantitative estimate of drug-likeness (QED) is 0.156. The minimum atomic E-state index is -6.21. The Hall–Kier alpha value is 0.590. The molecule has 11 heteroatoms. The third-order valence-electron chi connectivity index (χ3n) is 2.07. The predicted molar refractivity (Wildman–Crippen MR) is 89.0 cm³/mol. The average molecular weight is 502 g/mol. The van der Waals surface area contributed by atoms with Gasteiger partial charge in [0.2, 0.25) is 0 Å². The molecule has 0 atom stereocenters. The van der Waals surface area contributed by atoms with Gasteiger partial charge in [-0.3, -0.25) is 0 Å². The third-order valence-corrected chi connectivity index (χ3v) is 4.14. The summed E-state index contributed by atoms with van der Waals surface area (Å²) < 4.78 is 85.6. The van der Waals surface area contributed by atoms with Gasteiger partial charge in [0.1, 0.15) is 0 Å². The zero-order chi connectivity index (χ0) is 19.8. The van der Waals surface area contributed by atoms with Crippen LogP contribution in [0, 0.1) is 11.8 Å². The first-order valence-electron chi connectivity index (χ1n) is 7.10. The van der Waals surface area contributed by atoms with Gasteiger partial charge < -0.3 is 9.05 Å². The van der Waals surface area contributed by atoms with Gasteiger partial charge >= 0.3 is 16.0 Å². The second-order valence-electron chi connectivity index (χ2n) is 5.60. The lowest BCUT2D eigenvalue weighted by molar-refractivity contribution is -0.325. The molecule has 0 aromatic heterocycles. The van der Waals surface area contributed by atoms with Crippen LogP contribution >= 0.6 is 31.0 Å². The Labute approximate surface area is 152 Å². The van der Waals surface area contributed by atoms with Crippen LogP contribution in [0.25, 0.3) is 0 Å². The van der Waals surface area contributed by atoms with Gasteiger partial charge in [-0.1, -0.05) is 34.6 Å². The first-order chi connectivity index (χ1) is 10.6. The van der Waals surface area contributed by atoms with E-state index in [0.717, 1.165) is 19.4 Å². The summed E-state index contributed by atoms with van der Waals surface area (Å²) in [6, 6.07) is 0. The van der Waals surface area contributed by atoms with Gasteiger partial charge in [0, 0.05) is 28.8 Å². The van der Waals surface area contributed by atoms with Crippen LogP contribution in [-0.2, 0) is 9.05 Å². The van der Waals surface area contributed by atoms with E-state index in [2.05, 4.69) is 34.6 Å². The molecule has 0 heterocycles. The number of hydrogen-bond acceptors (Lipinski definition) is 2. The number of rotatable bonds is 8. The SMILES string of the molecule is CCP(OCC(C)C)OCC(C)C.FC(F)(F)C(F)(F)C(F)(F)I. The van der Waals surface area contributed by atoms with Crippen LogP contribution in [0.1, 0.15) is 34.6 Å². The van der Waals surface area contributed by atoms with Crippen LogP contribution in [0.5, 0.6) is 0 Å². The third kappa shape index (κ3) is 11.3. The molecule has 0 rings (SSSR count). The molecule has 2 nitrogen and oxygen atoms in total. The maximum Gasteiger partial charge on any atom is 0.460 e. The zero-order valence-corrected chi connectivity index (χ0v) is 17.1. The topological polar surface area (TPSA) is 18.5 Å². The van der Waals surface area contributed by atoms with Gasteiger partial charge in [-0.15, -0.1) is 0 Å². The Morgan fingerprint density at radius 3 is 1.29 bits per heavy atom. The van der Waals surface area contributed by atoms with E-state index < -0.39 is 24.4 Å². The molecule has 0 aliphatic carbocycles. The molecule has 0 unspecified atom stereocenters. The van der Waals surface area contributed by atoms with Crippen LogP contribution in [-0.4, -0.2) is 35.4 Å². The fourth-order valence-electron chi connectivity index (χ4n) is 0.845. The summed E-state index contributed by atoms with van der Waals surface area (Å²) in [6.07, 6.45) is -5.22. The van der Waals surface area contributed by atoms with Crippen molar-refractivity contribution in [2.24, 2.45) is 11.8 Å². The molecule has 0 aromatic carbocycles. The van der Waals surface area contributed by atoms with Gasteiger partial charge in [0.25, 0.3) is 0 Å². The predicted octanol–water partition coefficient (Wildman–Crippen LogP) is 6.88. The molecular weight excluding hydrogens is 479 g/mol. The molecule has 0 spiro atoms. The lowest BCUT2D eigenvalue weighted by atomic mass is 10.2. The first-order valence-corrected chi connectivity index (χ1v) is 9.55. The highest BCUT2D eigenvalue weighted by molar-refractivity contribution is 14.1. The summed E-state index contributed by atoms with van der Waals surface area (Å²) in [5.41, 5.74) is 0. The molecule has 0 aromatic rings. The van der Waals surface area contributed by atoms with Crippen molar-refractivity contribution >= 4 is 31.0 Å². The molecule has 0 amide bonds. The van der Waals surface area contributed by atoms with Crippen molar-refractivity contribution < 1.29 is 39.8 Å². The standard InChI is InChI=1S/C10H23O2P.C3F7I/c1-6-13(11-7-9(2)3)12-8-10(4)5;4-1(5,2(6,7)8)3(9,10)11/h9-10H,6-8H2,1-5H3;. The summed E-state index contributed by atoms with van der Waals surface area (Å²) in [7, 11) is -0.623. The van der Waals surface area contributed by atoms with E-state index in [-0.39, 0.29) is 22.6 Å². The molecule has 0 N–H and O–H groups in total. The molecule has 24 heavy (non-hydrogen) atoms. The minimum absolute atomic E-state index is 0.259. The summed E-state index contributed by atoms with van der Waals surface area (Å²) in [5.74, 6) is -4.78. The number of hydrogen-bond donors (Lipinski definition) is 0. The maximum absolute atomic E-state index is 11.6. The van der Waals surface area contributed by atoms with Gasteiger partial charge in [-0.2, -0.15) is 30.7 Å². The van der Waals surface area contributed by atoms with Gasteiger partial charge in [-0.05, 0) is 11.8 Å². The van der Waals surface area contributed by atoms with Crippen LogP contribution in [0.4, 0.5) is 30.7 Å². The van der Waals surface area contributed by atoms with Gasteiger partial charge in [-0.25, -0.2) is 0 Å². The highest BCUT2D eigenvalue weighted by atomic mass is 127. The Balaban J connectivity index is 0. The summed E-state index contributed by atoms with van der Waals surface area (Å²) >= 11 is -0.259. The molecule has 0 saturated carbocycles. The summed E-state index contributed by atoms with van der Waals surface area (Å²) in [5, 5.41) is 0. The van der Waals surface area contributed by atoms with Crippen LogP contribution in [0.2, 0.25) is 0 Å². The van der Waals surface area contributed by atoms with Crippen LogP contribution in [0.3, 0.4) is 0 Å². The maximum atomic E-state index is 11.6. The van der Waals surface area contributed by atoms with Crippen molar-refractivity contribution in [3.8, 4) is 0 Å². The second-order valence-corrected chi connectivity index (χ2v) is 8.77. The summed E-state index contributed by atoms with van der Waals surface area (Å²) in [4.78, 5) is 0. The zero-order valence-electron chi connectivity index (χ0n) is 14.1. The Morgan fingerprint density at radius 2 is 1.17 bits per heavy atom. The van der Waals surface area contributed by atoms with Gasteiger partial charge in [0.05, 0.1) is 13.2 Å². The van der Waals surface area contributed by atoms with E-state index in [1.54, 1.807) is 0 Å². The largest absolute Gasteiger partial charge is 0.460 e. The highest BCUT2D eigenvalue weighted by Gasteiger charge is 2.72. The average Bonchev–Trinajstić information content (AvgIpc) is 2.36. The first kappa shape index (κ1) is 26.8. The lowest BCUT2D eigenvalue weighted by Gasteiger charge is -2.23. The van der Waals surface area contributed by atoms with Crippen molar-refractivity contribution in [3.63, 3.8) is 0 Å². The van der Waals surface area contributed by atoms with Crippen molar-refractivity contribution in [3.05, 3.63) is 0 Å². The minimum Gasteiger partial charge on any atom is -0.334 e. The molecular formula is C13H23F7IO2P. The van der Waals surface area contributed by atoms with Crippen molar-refractivity contribution in [2.75, 3.05) is 19.4 Å². The van der Waals surface area contributed by atoms with E-state index in [1.807, 2.05) is 0 Å². The molecule has 0 radical (unpaired) electrons. The van der Waals surface area contributed by atoms with E-state index in [4.69, 9.17) is 9.05 Å². The monoisotopic (exact) mass is 502 g/mol. The van der Waals surface area contributed by atoms with Crippen LogP contribution < -0.4 is 0 Å². The second kappa shape index (κ2) is 11.3. The number of alkyl halides is 8. The van der Waals surface area contributed by atoms with E-state index in [1.165, 1.54) is 0 Å². The summed E-state index contributed by atoms with van der Waals surface area (Å²) in [6.45, 7) is 12.4. The molecule has 0 bridgehead atoms. The van der Waals surface area contributed by atoms with E-state index in [9.17, 15) is 30.7 Å². The Kier molecular flexibility index (Phi) is 12.7. The van der Waals surface area contributed by atoms with Crippen molar-refractivity contribution in [1.29, 1.82) is 0 Å². The van der Waals surface area contributed by atoms with E-state index in [0.29, 0.717) is 11.8 Å². The molecule has 0 fully saturated rings. The van der Waals surface area contributed by atoms with Crippen molar-refractivity contribution in [1.82, 2.24) is 0 Å². The van der Waals surface area contributed by atoms with Crippen LogP contribution in [0.15, 0.2) is 0 Å². The highest BCUT2D eigenvalue weighted by Crippen LogP contribution is 2.49.